The molecule has 1 aromatic rings. The topological polar surface area (TPSA) is 64.7 Å². The van der Waals surface area contributed by atoms with Crippen molar-refractivity contribution in [2.24, 2.45) is 0 Å². The number of rotatable bonds is 6. The van der Waals surface area contributed by atoms with Gasteiger partial charge in [-0.1, -0.05) is 38.5 Å². The number of nitrogens with zero attached hydrogens (tertiary/aromatic N) is 3. The lowest BCUT2D eigenvalue weighted by Gasteiger charge is -2.14. The highest BCUT2D eigenvalue weighted by atomic mass is 32.2. The molecule has 1 heterocycles. The van der Waals surface area contributed by atoms with Crippen LogP contribution in [0.1, 0.15) is 51.3 Å². The first-order valence-electron chi connectivity index (χ1n) is 5.76. The summed E-state index contributed by atoms with van der Waals surface area (Å²) in [7, 11) is 0. The quantitative estimate of drug-likeness (QED) is 0.775. The van der Waals surface area contributed by atoms with Gasteiger partial charge in [0.05, 0.1) is 0 Å². The number of nitrogen functional groups attached to an aromatic ring is 1. The maximum atomic E-state index is 5.69. The van der Waals surface area contributed by atoms with Crippen LogP contribution in [-0.4, -0.2) is 21.2 Å². The highest BCUT2D eigenvalue weighted by Gasteiger charge is 2.15. The lowest BCUT2D eigenvalue weighted by molar-refractivity contribution is 0.526. The third-order valence-electron chi connectivity index (χ3n) is 2.47. The predicted molar refractivity (Wildman–Crippen MR) is 68.6 cm³/mol. The van der Waals surface area contributed by atoms with Crippen molar-refractivity contribution in [3.8, 4) is 0 Å². The van der Waals surface area contributed by atoms with Crippen LogP contribution in [-0.2, 0) is 0 Å². The Bertz CT molecular complexity index is 324. The van der Waals surface area contributed by atoms with E-state index in [1.54, 1.807) is 0 Å². The summed E-state index contributed by atoms with van der Waals surface area (Å²) < 4.78 is 0. The van der Waals surface area contributed by atoms with Crippen LogP contribution >= 0.6 is 11.8 Å². The molecule has 0 bridgehead atoms. The second-order valence-corrected chi connectivity index (χ2v) is 4.59. The van der Waals surface area contributed by atoms with E-state index in [1.807, 2.05) is 6.26 Å². The minimum atomic E-state index is 0.339. The van der Waals surface area contributed by atoms with Crippen LogP contribution in [0.4, 0.5) is 5.95 Å². The molecular weight excluding hydrogens is 220 g/mol. The Labute approximate surface area is 101 Å². The zero-order valence-electron chi connectivity index (χ0n) is 10.2. The van der Waals surface area contributed by atoms with Crippen molar-refractivity contribution >= 4 is 17.7 Å². The fourth-order valence-corrected chi connectivity index (χ4v) is 2.13. The van der Waals surface area contributed by atoms with Crippen LogP contribution in [0.25, 0.3) is 0 Å². The van der Waals surface area contributed by atoms with Crippen molar-refractivity contribution in [1.29, 1.82) is 0 Å². The van der Waals surface area contributed by atoms with Gasteiger partial charge >= 0.3 is 0 Å². The molecule has 0 spiro atoms. The number of nitrogens with two attached hydrogens (primary N) is 1. The van der Waals surface area contributed by atoms with Gasteiger partial charge in [0, 0.05) is 5.92 Å². The van der Waals surface area contributed by atoms with Crippen molar-refractivity contribution in [3.63, 3.8) is 0 Å². The average molecular weight is 240 g/mol. The van der Waals surface area contributed by atoms with Gasteiger partial charge in [0.15, 0.2) is 5.16 Å². The zero-order chi connectivity index (χ0) is 12.0. The first-order chi connectivity index (χ1) is 7.71. The smallest absolute Gasteiger partial charge is 0.224 e. The van der Waals surface area contributed by atoms with Crippen LogP contribution < -0.4 is 5.73 Å². The summed E-state index contributed by atoms with van der Waals surface area (Å²) in [6, 6.07) is 0. The molecule has 0 aliphatic rings. The van der Waals surface area contributed by atoms with Crippen LogP contribution in [0.5, 0.6) is 0 Å². The number of hydrogen-bond donors (Lipinski definition) is 1. The largest absolute Gasteiger partial charge is 0.368 e. The lowest BCUT2D eigenvalue weighted by atomic mass is 9.97. The Morgan fingerprint density at radius 2 is 1.75 bits per heavy atom. The highest BCUT2D eigenvalue weighted by molar-refractivity contribution is 7.98. The van der Waals surface area contributed by atoms with E-state index < -0.39 is 0 Å². The van der Waals surface area contributed by atoms with Crippen molar-refractivity contribution < 1.29 is 0 Å². The highest BCUT2D eigenvalue weighted by Crippen LogP contribution is 2.24. The third-order valence-corrected chi connectivity index (χ3v) is 3.02. The number of thioether (sulfide) groups is 1. The van der Waals surface area contributed by atoms with Gasteiger partial charge in [-0.15, -0.1) is 0 Å². The Kier molecular flexibility index (Phi) is 5.52. The molecule has 0 aliphatic carbocycles. The summed E-state index contributed by atoms with van der Waals surface area (Å²) in [6.07, 6.45) is 6.47. The molecule has 90 valence electrons. The van der Waals surface area contributed by atoms with Gasteiger partial charge in [0.1, 0.15) is 5.82 Å². The molecule has 0 saturated carbocycles. The standard InChI is InChI=1S/C11H20N4S/c1-4-6-8(7-5-2)9-13-10(12)15-11(14-9)16-3/h8H,4-7H2,1-3H3,(H2,12,13,14,15). The van der Waals surface area contributed by atoms with E-state index in [0.717, 1.165) is 36.7 Å². The number of aromatic nitrogens is 3. The lowest BCUT2D eigenvalue weighted by Crippen LogP contribution is -2.09. The van der Waals surface area contributed by atoms with Crippen LogP contribution in [0.15, 0.2) is 5.16 Å². The van der Waals surface area contributed by atoms with Crippen molar-refractivity contribution in [3.05, 3.63) is 5.82 Å². The van der Waals surface area contributed by atoms with Crippen molar-refractivity contribution in [2.75, 3.05) is 12.0 Å². The van der Waals surface area contributed by atoms with E-state index in [9.17, 15) is 0 Å². The Morgan fingerprint density at radius 3 is 2.25 bits per heavy atom. The average Bonchev–Trinajstić information content (AvgIpc) is 2.28. The molecule has 0 saturated heterocycles. The molecule has 2 N–H and O–H groups in total. The monoisotopic (exact) mass is 240 g/mol. The van der Waals surface area contributed by atoms with Gasteiger partial charge in [-0.3, -0.25) is 0 Å². The van der Waals surface area contributed by atoms with Gasteiger partial charge in [0.25, 0.3) is 0 Å². The summed E-state index contributed by atoms with van der Waals surface area (Å²) in [5, 5.41) is 0.722. The molecule has 0 aromatic carbocycles. The molecule has 1 aromatic heterocycles. The van der Waals surface area contributed by atoms with E-state index in [4.69, 9.17) is 5.73 Å². The molecule has 16 heavy (non-hydrogen) atoms. The summed E-state index contributed by atoms with van der Waals surface area (Å²) >= 11 is 1.51. The number of hydrogen-bond acceptors (Lipinski definition) is 5. The molecule has 0 amide bonds. The van der Waals surface area contributed by atoms with Gasteiger partial charge in [-0.2, -0.15) is 9.97 Å². The Morgan fingerprint density at radius 1 is 1.12 bits per heavy atom. The molecule has 0 atom stereocenters. The Hall–Kier alpha value is -0.840. The molecule has 4 nitrogen and oxygen atoms in total. The van der Waals surface area contributed by atoms with E-state index in [-0.39, 0.29) is 0 Å². The van der Waals surface area contributed by atoms with E-state index in [2.05, 4.69) is 28.8 Å². The molecule has 0 fully saturated rings. The molecular formula is C11H20N4S. The van der Waals surface area contributed by atoms with Gasteiger partial charge < -0.3 is 5.73 Å². The predicted octanol–water partition coefficient (Wildman–Crippen LogP) is 2.86. The van der Waals surface area contributed by atoms with E-state index in [1.165, 1.54) is 11.8 Å². The van der Waals surface area contributed by atoms with Gasteiger partial charge in [-0.25, -0.2) is 4.98 Å². The molecule has 1 rings (SSSR count). The molecule has 5 heteroatoms. The maximum Gasteiger partial charge on any atom is 0.224 e. The van der Waals surface area contributed by atoms with Gasteiger partial charge in [0.2, 0.25) is 5.95 Å². The summed E-state index contributed by atoms with van der Waals surface area (Å²) in [6.45, 7) is 4.37. The van der Waals surface area contributed by atoms with Crippen LogP contribution in [0.3, 0.4) is 0 Å². The molecule has 0 radical (unpaired) electrons. The Balaban J connectivity index is 2.93. The maximum absolute atomic E-state index is 5.69. The molecule has 0 aliphatic heterocycles. The van der Waals surface area contributed by atoms with Crippen molar-refractivity contribution in [1.82, 2.24) is 15.0 Å². The van der Waals surface area contributed by atoms with Crippen LogP contribution in [0.2, 0.25) is 0 Å². The molecule has 0 unspecified atom stereocenters. The SMILES string of the molecule is CCCC(CCC)c1nc(N)nc(SC)n1. The van der Waals surface area contributed by atoms with E-state index >= 15 is 0 Å². The summed E-state index contributed by atoms with van der Waals surface area (Å²) in [4.78, 5) is 12.8. The second-order valence-electron chi connectivity index (χ2n) is 3.81. The van der Waals surface area contributed by atoms with Gasteiger partial charge in [-0.05, 0) is 19.1 Å². The fraction of sp³-hybridized carbons (Fsp3) is 0.727. The third kappa shape index (κ3) is 3.63. The first-order valence-corrected chi connectivity index (χ1v) is 6.99. The van der Waals surface area contributed by atoms with Crippen LogP contribution in [0, 0.1) is 0 Å². The zero-order valence-corrected chi connectivity index (χ0v) is 11.0. The number of anilines is 1. The van der Waals surface area contributed by atoms with Crippen molar-refractivity contribution in [2.45, 2.75) is 50.6 Å². The summed E-state index contributed by atoms with van der Waals surface area (Å²) in [5.41, 5.74) is 5.69. The minimum absolute atomic E-state index is 0.339. The fourth-order valence-electron chi connectivity index (χ4n) is 1.76. The minimum Gasteiger partial charge on any atom is -0.368 e. The second kappa shape index (κ2) is 6.68. The summed E-state index contributed by atoms with van der Waals surface area (Å²) in [5.74, 6) is 1.62. The van der Waals surface area contributed by atoms with E-state index in [0.29, 0.717) is 11.9 Å². The first kappa shape index (κ1) is 13.2. The normalized spacial score (nSPS) is 11.0.